The van der Waals surface area contributed by atoms with Crippen LogP contribution in [0.25, 0.3) is 22.2 Å². The topological polar surface area (TPSA) is 25.9 Å². The molecular weight excluding hydrogens is 574 g/mol. The lowest BCUT2D eigenvalue weighted by Gasteiger charge is -2.23. The van der Waals surface area contributed by atoms with E-state index in [4.69, 9.17) is 4.98 Å². The molecular formula is C42H45N5. The Kier molecular flexibility index (Phi) is 9.80. The van der Waals surface area contributed by atoms with Gasteiger partial charge in [-0.15, -0.1) is 0 Å². The Morgan fingerprint density at radius 3 is 1.83 bits per heavy atom. The van der Waals surface area contributed by atoms with E-state index in [-0.39, 0.29) is 0 Å². The fraction of sp³-hybridized carbons (Fsp3) is 0.262. The minimum atomic E-state index is 0.933. The van der Waals surface area contributed by atoms with Crippen molar-refractivity contribution in [2.75, 3.05) is 36.2 Å². The van der Waals surface area contributed by atoms with Gasteiger partial charge in [0.15, 0.2) is 0 Å². The van der Waals surface area contributed by atoms with Crippen LogP contribution in [0.1, 0.15) is 43.2 Å². The third-order valence-corrected chi connectivity index (χ3v) is 9.38. The molecule has 0 radical (unpaired) electrons. The van der Waals surface area contributed by atoms with Gasteiger partial charge in [-0.3, -0.25) is 0 Å². The van der Waals surface area contributed by atoms with E-state index in [0.717, 1.165) is 50.5 Å². The summed E-state index contributed by atoms with van der Waals surface area (Å²) in [5, 5.41) is 1.28. The molecule has 0 bridgehead atoms. The maximum atomic E-state index is 4.95. The van der Waals surface area contributed by atoms with Crippen molar-refractivity contribution in [3.63, 3.8) is 0 Å². The first-order valence-corrected chi connectivity index (χ1v) is 17.2. The second-order valence-electron chi connectivity index (χ2n) is 12.8. The molecule has 2 aliphatic rings. The maximum Gasteiger partial charge on any atom is 0.0941 e. The molecule has 0 amide bonds. The molecule has 7 rings (SSSR count). The zero-order valence-corrected chi connectivity index (χ0v) is 27.3. The number of aromatic nitrogens is 1. The fourth-order valence-corrected chi connectivity index (χ4v) is 6.69. The number of hydrogen-bond donors (Lipinski definition) is 0. The van der Waals surface area contributed by atoms with E-state index < -0.39 is 0 Å². The number of fused-ring (bicyclic) bond motifs is 1. The number of aryl methyl sites for hydroxylation is 2. The molecule has 0 saturated carbocycles. The fourth-order valence-electron chi connectivity index (χ4n) is 6.69. The summed E-state index contributed by atoms with van der Waals surface area (Å²) in [6.07, 6.45) is 17.2. The molecule has 0 saturated heterocycles. The number of rotatable bonds is 14. The van der Waals surface area contributed by atoms with Crippen molar-refractivity contribution in [2.45, 2.75) is 44.9 Å². The molecule has 238 valence electrons. The van der Waals surface area contributed by atoms with Gasteiger partial charge in [0, 0.05) is 60.2 Å². The largest absolute Gasteiger partial charge is 0.358 e. The molecule has 5 heteroatoms. The summed E-state index contributed by atoms with van der Waals surface area (Å²) in [6.45, 7) is 4.06. The predicted molar refractivity (Wildman–Crippen MR) is 197 cm³/mol. The van der Waals surface area contributed by atoms with E-state index in [2.05, 4.69) is 154 Å². The van der Waals surface area contributed by atoms with Crippen molar-refractivity contribution in [1.29, 1.82) is 0 Å². The van der Waals surface area contributed by atoms with Crippen LogP contribution in [0.4, 0.5) is 11.4 Å². The molecule has 47 heavy (non-hydrogen) atoms. The zero-order chi connectivity index (χ0) is 31.7. The van der Waals surface area contributed by atoms with E-state index in [9.17, 15) is 0 Å². The lowest BCUT2D eigenvalue weighted by Crippen LogP contribution is -2.27. The van der Waals surface area contributed by atoms with Crippen LogP contribution >= 0.6 is 0 Å². The Hall–Kier alpha value is -5.03. The number of unbranched alkanes of at least 4 members (excludes halogenated alkanes) is 3. The molecule has 0 atom stereocenters. The average Bonchev–Trinajstić information content (AvgIpc) is 3.81. The summed E-state index contributed by atoms with van der Waals surface area (Å²) in [7, 11) is 0. The minimum absolute atomic E-state index is 0.933. The summed E-state index contributed by atoms with van der Waals surface area (Å²) in [5.41, 5.74) is 8.66. The highest BCUT2D eigenvalue weighted by Crippen LogP contribution is 2.25. The van der Waals surface area contributed by atoms with Crippen molar-refractivity contribution in [1.82, 2.24) is 14.8 Å². The lowest BCUT2D eigenvalue weighted by atomic mass is 9.99. The molecule has 5 nitrogen and oxygen atoms in total. The summed E-state index contributed by atoms with van der Waals surface area (Å²) < 4.78 is 0. The second-order valence-corrected chi connectivity index (χ2v) is 12.8. The zero-order valence-electron chi connectivity index (χ0n) is 27.3. The van der Waals surface area contributed by atoms with Gasteiger partial charge in [0.05, 0.1) is 24.5 Å². The Balaban J connectivity index is 0.793. The van der Waals surface area contributed by atoms with Crippen molar-refractivity contribution in [3.05, 3.63) is 151 Å². The van der Waals surface area contributed by atoms with Crippen LogP contribution < -0.4 is 9.80 Å². The molecule has 0 aliphatic carbocycles. The van der Waals surface area contributed by atoms with Crippen molar-refractivity contribution < 1.29 is 0 Å². The SMILES string of the molecule is C1=CN(c2ccccc2)CN1CCCCN1C=CN(c2ccc(CCCCCc3cccc4nc(-c5ccccc5)ccc34)cc2)C1. The van der Waals surface area contributed by atoms with Gasteiger partial charge in [-0.1, -0.05) is 85.3 Å². The monoisotopic (exact) mass is 619 g/mol. The van der Waals surface area contributed by atoms with Gasteiger partial charge < -0.3 is 19.6 Å². The Bertz CT molecular complexity index is 1780. The number of hydrogen-bond acceptors (Lipinski definition) is 5. The number of nitrogens with zero attached hydrogens (tertiary/aromatic N) is 5. The standard InChI is InChI=1S/C42H45N5/c1(5-14-36-17-12-20-42-40(36)25-26-41(43-42)37-15-6-2-7-16-37)4-13-35-21-23-39(24-22-35)47-32-30-45(34-47)28-11-10-27-44-29-31-46(33-44)38-18-8-3-9-19-38/h2-3,6-9,12,15-26,29-32H,1,4-5,10-11,13-14,27-28,33-34H2. The van der Waals surface area contributed by atoms with Crippen molar-refractivity contribution in [3.8, 4) is 11.3 Å². The molecule has 5 aromatic rings. The lowest BCUT2D eigenvalue weighted by molar-refractivity contribution is 0.354. The molecule has 0 fully saturated rings. The Morgan fingerprint density at radius 1 is 0.489 bits per heavy atom. The van der Waals surface area contributed by atoms with E-state index in [1.54, 1.807) is 0 Å². The highest BCUT2D eigenvalue weighted by molar-refractivity contribution is 5.84. The Labute approximate surface area is 280 Å². The van der Waals surface area contributed by atoms with E-state index in [0.29, 0.717) is 0 Å². The number of anilines is 2. The van der Waals surface area contributed by atoms with Gasteiger partial charge in [0.2, 0.25) is 0 Å². The minimum Gasteiger partial charge on any atom is -0.358 e. The van der Waals surface area contributed by atoms with Gasteiger partial charge in [0.1, 0.15) is 0 Å². The highest BCUT2D eigenvalue weighted by Gasteiger charge is 2.16. The number of para-hydroxylation sites is 1. The third kappa shape index (κ3) is 7.86. The van der Waals surface area contributed by atoms with Crippen LogP contribution in [0.2, 0.25) is 0 Å². The first kappa shape index (κ1) is 30.6. The molecule has 1 aromatic heterocycles. The van der Waals surface area contributed by atoms with Crippen LogP contribution in [-0.4, -0.2) is 41.2 Å². The number of benzene rings is 4. The van der Waals surface area contributed by atoms with Gasteiger partial charge in [0.25, 0.3) is 0 Å². The van der Waals surface area contributed by atoms with E-state index in [1.165, 1.54) is 65.6 Å². The van der Waals surface area contributed by atoms with Crippen molar-refractivity contribution >= 4 is 22.3 Å². The van der Waals surface area contributed by atoms with Crippen LogP contribution in [0.15, 0.2) is 140 Å². The van der Waals surface area contributed by atoms with Crippen LogP contribution in [0.3, 0.4) is 0 Å². The molecule has 4 aromatic carbocycles. The molecule has 3 heterocycles. The van der Waals surface area contributed by atoms with Crippen LogP contribution in [-0.2, 0) is 12.8 Å². The van der Waals surface area contributed by atoms with E-state index >= 15 is 0 Å². The number of pyridine rings is 1. The summed E-state index contributed by atoms with van der Waals surface area (Å²) in [5.74, 6) is 0. The first-order valence-electron chi connectivity index (χ1n) is 17.2. The summed E-state index contributed by atoms with van der Waals surface area (Å²) in [4.78, 5) is 14.4. The predicted octanol–water partition coefficient (Wildman–Crippen LogP) is 9.44. The van der Waals surface area contributed by atoms with Gasteiger partial charge in [-0.25, -0.2) is 4.98 Å². The normalized spacial score (nSPS) is 14.2. The second kappa shape index (κ2) is 15.0. The summed E-state index contributed by atoms with van der Waals surface area (Å²) in [6, 6.07) is 41.2. The summed E-state index contributed by atoms with van der Waals surface area (Å²) >= 11 is 0. The molecule has 2 aliphatic heterocycles. The Morgan fingerprint density at radius 2 is 1.13 bits per heavy atom. The van der Waals surface area contributed by atoms with Gasteiger partial charge >= 0.3 is 0 Å². The third-order valence-electron chi connectivity index (χ3n) is 9.38. The quantitative estimate of drug-likeness (QED) is 0.115. The molecule has 0 spiro atoms. The smallest absolute Gasteiger partial charge is 0.0941 e. The van der Waals surface area contributed by atoms with E-state index in [1.807, 2.05) is 6.07 Å². The van der Waals surface area contributed by atoms with Gasteiger partial charge in [-0.2, -0.15) is 0 Å². The van der Waals surface area contributed by atoms with Crippen LogP contribution in [0.5, 0.6) is 0 Å². The first-order chi connectivity index (χ1) is 23.3. The maximum absolute atomic E-state index is 4.95. The highest BCUT2D eigenvalue weighted by atomic mass is 15.3. The van der Waals surface area contributed by atoms with Gasteiger partial charge in [-0.05, 0) is 86.1 Å². The van der Waals surface area contributed by atoms with Crippen LogP contribution in [0, 0.1) is 0 Å². The molecule has 0 unspecified atom stereocenters. The molecule has 0 N–H and O–H groups in total. The average molecular weight is 620 g/mol. The van der Waals surface area contributed by atoms with Crippen molar-refractivity contribution in [2.24, 2.45) is 0 Å².